The van der Waals surface area contributed by atoms with E-state index in [0.717, 1.165) is 24.6 Å². The number of carboxylic acids is 1. The fourth-order valence-electron chi connectivity index (χ4n) is 3.77. The number of piperidine rings is 1. The lowest BCUT2D eigenvalue weighted by atomic mass is 9.66. The van der Waals surface area contributed by atoms with Gasteiger partial charge in [0.25, 0.3) is 0 Å². The van der Waals surface area contributed by atoms with Gasteiger partial charge in [-0.25, -0.2) is 8.78 Å². The second-order valence-corrected chi connectivity index (χ2v) is 7.26. The number of likely N-dealkylation sites (tertiary alicyclic amines) is 1. The van der Waals surface area contributed by atoms with Crippen LogP contribution in [0.2, 0.25) is 0 Å². The molecule has 26 heavy (non-hydrogen) atoms. The number of hydrogen-bond acceptors (Lipinski definition) is 3. The molecule has 1 heterocycles. The lowest BCUT2D eigenvalue weighted by Gasteiger charge is -2.39. The summed E-state index contributed by atoms with van der Waals surface area (Å²) in [5.41, 5.74) is -1.19. The third-order valence-electron chi connectivity index (χ3n) is 5.67. The Bertz CT molecular complexity index is 737. The first-order chi connectivity index (χ1) is 12.3. The minimum absolute atomic E-state index is 0.0144. The van der Waals surface area contributed by atoms with E-state index in [9.17, 15) is 28.3 Å². The molecule has 7 heteroatoms. The average Bonchev–Trinajstić information content (AvgIpc) is 2.59. The molecule has 1 aliphatic heterocycles. The maximum absolute atomic E-state index is 13.8. The van der Waals surface area contributed by atoms with Crippen molar-refractivity contribution in [2.45, 2.75) is 38.5 Å². The summed E-state index contributed by atoms with van der Waals surface area (Å²) in [6.07, 6.45) is 2.56. The summed E-state index contributed by atoms with van der Waals surface area (Å²) in [7, 11) is 0. The fourth-order valence-corrected chi connectivity index (χ4v) is 3.77. The van der Waals surface area contributed by atoms with E-state index >= 15 is 0 Å². The maximum atomic E-state index is 13.8. The van der Waals surface area contributed by atoms with Crippen LogP contribution in [0.5, 0.6) is 0 Å². The van der Waals surface area contributed by atoms with Crippen molar-refractivity contribution < 1.29 is 28.3 Å². The van der Waals surface area contributed by atoms with Gasteiger partial charge >= 0.3 is 5.97 Å². The summed E-state index contributed by atoms with van der Waals surface area (Å²) >= 11 is 0. The molecule has 1 saturated heterocycles. The monoisotopic (exact) mass is 365 g/mol. The molecule has 0 atom stereocenters. The van der Waals surface area contributed by atoms with Crippen LogP contribution in [-0.4, -0.2) is 40.8 Å². The van der Waals surface area contributed by atoms with Gasteiger partial charge in [0.1, 0.15) is 11.6 Å². The van der Waals surface area contributed by atoms with Crippen molar-refractivity contribution in [2.75, 3.05) is 13.1 Å². The van der Waals surface area contributed by atoms with Crippen LogP contribution in [0.4, 0.5) is 8.78 Å². The molecule has 1 aliphatic carbocycles. The molecule has 2 fully saturated rings. The first kappa shape index (κ1) is 18.5. The number of amides is 1. The molecule has 1 amide bonds. The summed E-state index contributed by atoms with van der Waals surface area (Å²) < 4.78 is 27.1. The molecule has 0 aromatic heterocycles. The number of ketones is 1. The van der Waals surface area contributed by atoms with Crippen molar-refractivity contribution >= 4 is 17.7 Å². The third kappa shape index (κ3) is 3.48. The van der Waals surface area contributed by atoms with E-state index in [1.165, 1.54) is 0 Å². The Morgan fingerprint density at radius 1 is 1.15 bits per heavy atom. The van der Waals surface area contributed by atoms with E-state index < -0.39 is 34.7 Å². The van der Waals surface area contributed by atoms with E-state index in [0.29, 0.717) is 38.8 Å². The molecule has 0 radical (unpaired) electrons. The summed E-state index contributed by atoms with van der Waals surface area (Å²) in [5, 5.41) is 9.34. The lowest BCUT2D eigenvalue weighted by Crippen LogP contribution is -2.46. The summed E-state index contributed by atoms with van der Waals surface area (Å²) in [6, 6.07) is 2.81. The van der Waals surface area contributed by atoms with Crippen molar-refractivity contribution in [2.24, 2.45) is 11.3 Å². The van der Waals surface area contributed by atoms with Crippen LogP contribution in [0, 0.1) is 23.0 Å². The molecule has 1 saturated carbocycles. The number of halogens is 2. The van der Waals surface area contributed by atoms with Gasteiger partial charge < -0.3 is 10.0 Å². The number of Topliss-reactive ketones (excluding diaryl/α,β-unsaturated/α-hetero) is 1. The first-order valence-corrected chi connectivity index (χ1v) is 8.83. The summed E-state index contributed by atoms with van der Waals surface area (Å²) in [6.45, 7) is 0.643. The highest BCUT2D eigenvalue weighted by Gasteiger charge is 2.46. The Morgan fingerprint density at radius 2 is 1.81 bits per heavy atom. The van der Waals surface area contributed by atoms with Crippen LogP contribution in [0.1, 0.15) is 48.9 Å². The standard InChI is InChI=1S/C19H21F2NO4/c20-13-2-3-15(21)14(10-13)17(24)12-4-8-22(9-5-12)16(23)11-19(18(25)26)6-1-7-19/h2-3,10,12H,1,4-9,11H2,(H,25,26). The average molecular weight is 365 g/mol. The molecular formula is C19H21F2NO4. The predicted molar refractivity (Wildman–Crippen MR) is 88.5 cm³/mol. The zero-order valence-electron chi connectivity index (χ0n) is 14.3. The van der Waals surface area contributed by atoms with Crippen LogP contribution < -0.4 is 0 Å². The van der Waals surface area contributed by atoms with Gasteiger partial charge in [-0.3, -0.25) is 14.4 Å². The molecule has 1 N–H and O–H groups in total. The molecular weight excluding hydrogens is 344 g/mol. The lowest BCUT2D eigenvalue weighted by molar-refractivity contribution is -0.159. The van der Waals surface area contributed by atoms with Gasteiger partial charge in [-0.15, -0.1) is 0 Å². The molecule has 2 aliphatic rings. The number of carbonyl (C=O) groups excluding carboxylic acids is 2. The highest BCUT2D eigenvalue weighted by molar-refractivity contribution is 5.98. The van der Waals surface area contributed by atoms with Crippen molar-refractivity contribution in [1.29, 1.82) is 0 Å². The van der Waals surface area contributed by atoms with Crippen LogP contribution in [0.15, 0.2) is 18.2 Å². The fraction of sp³-hybridized carbons (Fsp3) is 0.526. The quantitative estimate of drug-likeness (QED) is 0.814. The zero-order valence-corrected chi connectivity index (χ0v) is 14.3. The highest BCUT2D eigenvalue weighted by atomic mass is 19.1. The van der Waals surface area contributed by atoms with Gasteiger partial charge in [0.2, 0.25) is 5.91 Å². The van der Waals surface area contributed by atoms with Gasteiger partial charge in [0.05, 0.1) is 11.0 Å². The predicted octanol–water partition coefficient (Wildman–Crippen LogP) is 3.03. The zero-order chi connectivity index (χ0) is 18.9. The SMILES string of the molecule is O=C(c1cc(F)ccc1F)C1CCN(C(=O)CC2(C(=O)O)CCC2)CC1. The van der Waals surface area contributed by atoms with Crippen molar-refractivity contribution in [1.82, 2.24) is 4.90 Å². The molecule has 3 rings (SSSR count). The smallest absolute Gasteiger partial charge is 0.310 e. The number of carboxylic acid groups (broad SMARTS) is 1. The van der Waals surface area contributed by atoms with Gasteiger partial charge in [-0.2, -0.15) is 0 Å². The second-order valence-electron chi connectivity index (χ2n) is 7.26. The Kier molecular flexibility index (Phi) is 5.07. The number of aliphatic carboxylic acids is 1. The molecule has 5 nitrogen and oxygen atoms in total. The number of hydrogen-bond donors (Lipinski definition) is 1. The number of carbonyl (C=O) groups is 3. The second kappa shape index (κ2) is 7.13. The maximum Gasteiger partial charge on any atom is 0.310 e. The minimum Gasteiger partial charge on any atom is -0.481 e. The molecule has 140 valence electrons. The number of nitrogens with zero attached hydrogens (tertiary/aromatic N) is 1. The number of rotatable bonds is 5. The van der Waals surface area contributed by atoms with Crippen LogP contribution >= 0.6 is 0 Å². The van der Waals surface area contributed by atoms with Crippen LogP contribution in [0.25, 0.3) is 0 Å². The Labute approximate surface area is 150 Å². The third-order valence-corrected chi connectivity index (χ3v) is 5.67. The largest absolute Gasteiger partial charge is 0.481 e. The molecule has 1 aromatic carbocycles. The van der Waals surface area contributed by atoms with E-state index in [4.69, 9.17) is 0 Å². The minimum atomic E-state index is -0.936. The number of benzene rings is 1. The molecule has 0 bridgehead atoms. The highest BCUT2D eigenvalue weighted by Crippen LogP contribution is 2.44. The van der Waals surface area contributed by atoms with Gasteiger partial charge in [0, 0.05) is 25.4 Å². The van der Waals surface area contributed by atoms with Crippen molar-refractivity contribution in [3.05, 3.63) is 35.4 Å². The van der Waals surface area contributed by atoms with Crippen LogP contribution in [0.3, 0.4) is 0 Å². The Hall–Kier alpha value is -2.31. The van der Waals surface area contributed by atoms with E-state index in [2.05, 4.69) is 0 Å². The van der Waals surface area contributed by atoms with E-state index in [1.807, 2.05) is 0 Å². The van der Waals surface area contributed by atoms with Gasteiger partial charge in [0.15, 0.2) is 5.78 Å². The molecule has 1 aromatic rings. The van der Waals surface area contributed by atoms with E-state index in [1.54, 1.807) is 4.90 Å². The van der Waals surface area contributed by atoms with Crippen molar-refractivity contribution in [3.8, 4) is 0 Å². The Balaban J connectivity index is 1.59. The Morgan fingerprint density at radius 3 is 2.35 bits per heavy atom. The summed E-state index contributed by atoms with van der Waals surface area (Å²) in [5.74, 6) is -3.47. The molecule has 0 unspecified atom stereocenters. The summed E-state index contributed by atoms with van der Waals surface area (Å²) in [4.78, 5) is 37.8. The van der Waals surface area contributed by atoms with Gasteiger partial charge in [-0.1, -0.05) is 6.42 Å². The van der Waals surface area contributed by atoms with Crippen LogP contribution in [-0.2, 0) is 9.59 Å². The first-order valence-electron chi connectivity index (χ1n) is 8.83. The van der Waals surface area contributed by atoms with Gasteiger partial charge in [-0.05, 0) is 43.9 Å². The van der Waals surface area contributed by atoms with Crippen molar-refractivity contribution in [3.63, 3.8) is 0 Å². The van der Waals surface area contributed by atoms with E-state index in [-0.39, 0.29) is 17.9 Å². The normalized spacial score (nSPS) is 19.7. The molecule has 0 spiro atoms. The topological polar surface area (TPSA) is 74.7 Å².